The summed E-state index contributed by atoms with van der Waals surface area (Å²) >= 11 is 5.62. The van der Waals surface area contributed by atoms with Crippen LogP contribution in [0.5, 0.6) is 5.75 Å². The zero-order valence-electron chi connectivity index (χ0n) is 13.6. The Labute approximate surface area is 159 Å². The highest BCUT2D eigenvalue weighted by Crippen LogP contribution is 2.35. The van der Waals surface area contributed by atoms with Gasteiger partial charge in [0, 0.05) is 11.1 Å². The van der Waals surface area contributed by atoms with E-state index in [1.54, 1.807) is 0 Å². The van der Waals surface area contributed by atoms with Crippen molar-refractivity contribution in [2.75, 3.05) is 11.9 Å². The minimum absolute atomic E-state index is 0.154. The molecule has 0 aromatic heterocycles. The third kappa shape index (κ3) is 5.10. The number of alkyl halides is 3. The molecule has 0 aliphatic carbocycles. The van der Waals surface area contributed by atoms with Gasteiger partial charge < -0.3 is 15.2 Å². The highest BCUT2D eigenvalue weighted by molar-refractivity contribution is 6.30. The number of aromatic hydroxyl groups is 1. The van der Waals surface area contributed by atoms with Crippen LogP contribution in [0.3, 0.4) is 0 Å². The van der Waals surface area contributed by atoms with Crippen LogP contribution in [0.1, 0.15) is 15.9 Å². The molecule has 0 fully saturated rings. The lowest BCUT2D eigenvalue weighted by atomic mass is 10.1. The van der Waals surface area contributed by atoms with Crippen LogP contribution in [0.15, 0.2) is 36.4 Å². The van der Waals surface area contributed by atoms with Gasteiger partial charge in [-0.1, -0.05) is 11.6 Å². The number of hydrogen-bond donors (Lipinski definition) is 2. The molecule has 0 unspecified atom stereocenters. The molecule has 2 rings (SSSR count). The lowest BCUT2D eigenvalue weighted by Crippen LogP contribution is -2.21. The summed E-state index contributed by atoms with van der Waals surface area (Å²) in [7, 11) is 0. The van der Waals surface area contributed by atoms with E-state index in [-0.39, 0.29) is 16.7 Å². The van der Waals surface area contributed by atoms with Crippen LogP contribution in [0.2, 0.25) is 5.02 Å². The van der Waals surface area contributed by atoms with Gasteiger partial charge in [0.05, 0.1) is 10.5 Å². The lowest BCUT2D eigenvalue weighted by molar-refractivity contribution is -0.384. The molecule has 0 atom stereocenters. The summed E-state index contributed by atoms with van der Waals surface area (Å²) in [4.78, 5) is 33.5. The van der Waals surface area contributed by atoms with Crippen LogP contribution < -0.4 is 5.32 Å². The average molecular weight is 419 g/mol. The molecule has 0 aliphatic rings. The molecule has 0 saturated carbocycles. The van der Waals surface area contributed by atoms with Gasteiger partial charge in [-0.2, -0.15) is 13.2 Å². The summed E-state index contributed by atoms with van der Waals surface area (Å²) in [5, 5.41) is 22.7. The molecule has 0 saturated heterocycles. The highest BCUT2D eigenvalue weighted by atomic mass is 35.5. The number of phenolic OH excluding ortho intramolecular Hbond substituents is 1. The number of nitro benzene ring substituents is 1. The number of amides is 1. The topological polar surface area (TPSA) is 119 Å². The smallest absolute Gasteiger partial charge is 0.416 e. The van der Waals surface area contributed by atoms with Gasteiger partial charge in [0.15, 0.2) is 6.61 Å². The Morgan fingerprint density at radius 3 is 2.46 bits per heavy atom. The van der Waals surface area contributed by atoms with Crippen LogP contribution in [-0.2, 0) is 15.7 Å². The van der Waals surface area contributed by atoms with Gasteiger partial charge in [-0.15, -0.1) is 0 Å². The van der Waals surface area contributed by atoms with Gasteiger partial charge in [-0.3, -0.25) is 14.9 Å². The maximum atomic E-state index is 12.7. The number of hydrogen-bond acceptors (Lipinski definition) is 6. The summed E-state index contributed by atoms with van der Waals surface area (Å²) in [6, 6.07) is 5.06. The highest BCUT2D eigenvalue weighted by Gasteiger charge is 2.33. The van der Waals surface area contributed by atoms with E-state index in [2.05, 4.69) is 4.74 Å². The van der Waals surface area contributed by atoms with Gasteiger partial charge in [0.1, 0.15) is 17.0 Å². The number of nitro groups is 1. The fraction of sp³-hybridized carbons (Fsp3) is 0.125. The van der Waals surface area contributed by atoms with Gasteiger partial charge in [-0.05, 0) is 30.3 Å². The molecule has 2 aromatic carbocycles. The number of phenols is 1. The third-order valence-corrected chi connectivity index (χ3v) is 3.54. The molecule has 0 spiro atoms. The van der Waals surface area contributed by atoms with E-state index >= 15 is 0 Å². The predicted molar refractivity (Wildman–Crippen MR) is 90.1 cm³/mol. The molecule has 12 heteroatoms. The Morgan fingerprint density at radius 1 is 1.21 bits per heavy atom. The number of benzene rings is 2. The first-order valence-electron chi connectivity index (χ1n) is 7.30. The van der Waals surface area contributed by atoms with Crippen molar-refractivity contribution >= 4 is 34.9 Å². The Hall–Kier alpha value is -3.34. The number of ether oxygens (including phenoxy) is 1. The quantitative estimate of drug-likeness (QED) is 0.433. The molecular formula is C16H10ClF3N2O6. The second-order valence-electron chi connectivity index (χ2n) is 5.27. The first-order valence-corrected chi connectivity index (χ1v) is 7.68. The van der Waals surface area contributed by atoms with E-state index in [9.17, 15) is 38.0 Å². The van der Waals surface area contributed by atoms with Crippen molar-refractivity contribution in [1.29, 1.82) is 0 Å². The summed E-state index contributed by atoms with van der Waals surface area (Å²) in [6.07, 6.45) is -4.80. The van der Waals surface area contributed by atoms with E-state index in [1.807, 2.05) is 5.32 Å². The summed E-state index contributed by atoms with van der Waals surface area (Å²) < 4.78 is 42.6. The molecule has 0 bridgehead atoms. The van der Waals surface area contributed by atoms with E-state index in [0.717, 1.165) is 12.1 Å². The molecule has 2 N–H and O–H groups in total. The predicted octanol–water partition coefficient (Wildman–Crippen LogP) is 3.77. The van der Waals surface area contributed by atoms with Crippen molar-refractivity contribution in [3.05, 3.63) is 62.7 Å². The second kappa shape index (κ2) is 8.13. The summed E-state index contributed by atoms with van der Waals surface area (Å²) in [5.74, 6) is -2.60. The third-order valence-electron chi connectivity index (χ3n) is 3.31. The largest absolute Gasteiger partial charge is 0.507 e. The lowest BCUT2D eigenvalue weighted by Gasteiger charge is -2.10. The number of rotatable bonds is 5. The molecular weight excluding hydrogens is 409 g/mol. The van der Waals surface area contributed by atoms with Gasteiger partial charge >= 0.3 is 12.1 Å². The molecule has 0 heterocycles. The first-order chi connectivity index (χ1) is 13.0. The second-order valence-corrected chi connectivity index (χ2v) is 5.71. The number of nitrogens with one attached hydrogen (secondary N) is 1. The molecule has 0 radical (unpaired) electrons. The number of carbonyl (C=O) groups excluding carboxylic acids is 2. The Morgan fingerprint density at radius 2 is 1.89 bits per heavy atom. The molecule has 0 aliphatic heterocycles. The maximum absolute atomic E-state index is 12.7. The number of anilines is 1. The maximum Gasteiger partial charge on any atom is 0.416 e. The monoisotopic (exact) mass is 418 g/mol. The van der Waals surface area contributed by atoms with E-state index in [1.165, 1.54) is 6.07 Å². The molecule has 28 heavy (non-hydrogen) atoms. The average Bonchev–Trinajstić information content (AvgIpc) is 2.58. The molecule has 8 nitrogen and oxygen atoms in total. The standard InChI is InChI=1S/C16H10ClF3N2O6/c17-9-2-3-10(13(23)6-9)15(25)28-7-14(24)21-11-4-1-8(16(18,19)20)5-12(11)22(26)27/h1-6,23H,7H2,(H,21,24). The minimum Gasteiger partial charge on any atom is -0.507 e. The Kier molecular flexibility index (Phi) is 6.09. The molecule has 2 aromatic rings. The Bertz CT molecular complexity index is 948. The molecule has 148 valence electrons. The summed E-state index contributed by atoms with van der Waals surface area (Å²) in [5.41, 5.74) is -3.03. The van der Waals surface area contributed by atoms with Crippen molar-refractivity contribution in [3.8, 4) is 5.75 Å². The van der Waals surface area contributed by atoms with Crippen LogP contribution in [0.25, 0.3) is 0 Å². The fourth-order valence-electron chi connectivity index (χ4n) is 2.04. The van der Waals surface area contributed by atoms with Crippen LogP contribution in [-0.4, -0.2) is 28.5 Å². The number of halogens is 4. The number of esters is 1. The van der Waals surface area contributed by atoms with E-state index < -0.39 is 52.3 Å². The van der Waals surface area contributed by atoms with Crippen molar-refractivity contribution in [3.63, 3.8) is 0 Å². The molecule has 1 amide bonds. The van der Waals surface area contributed by atoms with Crippen LogP contribution in [0, 0.1) is 10.1 Å². The zero-order valence-corrected chi connectivity index (χ0v) is 14.4. The summed E-state index contributed by atoms with van der Waals surface area (Å²) in [6.45, 7) is -0.904. The number of nitrogens with zero attached hydrogens (tertiary/aromatic N) is 1. The van der Waals surface area contributed by atoms with Gasteiger partial charge in [0.2, 0.25) is 0 Å². The Balaban J connectivity index is 2.08. The fourth-order valence-corrected chi connectivity index (χ4v) is 2.20. The van der Waals surface area contributed by atoms with Crippen LogP contribution in [0.4, 0.5) is 24.5 Å². The van der Waals surface area contributed by atoms with Gasteiger partial charge in [-0.25, -0.2) is 4.79 Å². The van der Waals surface area contributed by atoms with Crippen molar-refractivity contribution in [1.82, 2.24) is 0 Å². The van der Waals surface area contributed by atoms with Crippen molar-refractivity contribution < 1.29 is 37.5 Å². The van der Waals surface area contributed by atoms with Crippen LogP contribution >= 0.6 is 11.6 Å². The van der Waals surface area contributed by atoms with E-state index in [4.69, 9.17) is 11.6 Å². The zero-order chi connectivity index (χ0) is 21.1. The van der Waals surface area contributed by atoms with E-state index in [0.29, 0.717) is 12.1 Å². The normalized spacial score (nSPS) is 11.0. The number of carbonyl (C=O) groups is 2. The van der Waals surface area contributed by atoms with Gasteiger partial charge in [0.25, 0.3) is 11.6 Å². The first kappa shape index (κ1) is 21.0. The minimum atomic E-state index is -4.80. The van der Waals surface area contributed by atoms with Crippen molar-refractivity contribution in [2.45, 2.75) is 6.18 Å². The SMILES string of the molecule is O=C(COC(=O)c1ccc(Cl)cc1O)Nc1ccc(C(F)(F)F)cc1[N+](=O)[O-]. The van der Waals surface area contributed by atoms with Crippen molar-refractivity contribution in [2.24, 2.45) is 0 Å².